The topological polar surface area (TPSA) is 93.5 Å². The molecule has 1 N–H and O–H groups in total. The molecule has 7 heteroatoms. The minimum atomic E-state index is -0.584. The SMILES string of the molecule is CC(C)CC(COc1cc2c(cc1C#N)-c1ccncc1C(C)O2)NC(=O)OC(C)(C)C. The summed E-state index contributed by atoms with van der Waals surface area (Å²) in [5.74, 6) is 1.42. The predicted molar refractivity (Wildman–Crippen MR) is 122 cm³/mol. The normalized spacial score (nSPS) is 15.6. The molecule has 1 aliphatic heterocycles. The number of carbonyl (C=O) groups is 1. The van der Waals surface area contributed by atoms with Crippen LogP contribution in [0.1, 0.15) is 65.2 Å². The van der Waals surface area contributed by atoms with Gasteiger partial charge in [0.05, 0.1) is 11.6 Å². The van der Waals surface area contributed by atoms with Crippen molar-refractivity contribution in [2.75, 3.05) is 6.61 Å². The van der Waals surface area contributed by atoms with Crippen molar-refractivity contribution >= 4 is 6.09 Å². The van der Waals surface area contributed by atoms with Crippen LogP contribution in [0.25, 0.3) is 11.1 Å². The van der Waals surface area contributed by atoms with Crippen LogP contribution in [0.5, 0.6) is 11.5 Å². The molecule has 1 aliphatic rings. The van der Waals surface area contributed by atoms with E-state index in [1.165, 1.54) is 0 Å². The molecule has 1 amide bonds. The van der Waals surface area contributed by atoms with Crippen molar-refractivity contribution < 1.29 is 19.0 Å². The van der Waals surface area contributed by atoms with Crippen LogP contribution in [-0.2, 0) is 4.74 Å². The first-order valence-electron chi connectivity index (χ1n) is 10.9. The van der Waals surface area contributed by atoms with Gasteiger partial charge in [-0.3, -0.25) is 4.98 Å². The van der Waals surface area contributed by atoms with E-state index in [0.29, 0.717) is 29.4 Å². The second kappa shape index (κ2) is 9.47. The zero-order valence-electron chi connectivity index (χ0n) is 19.6. The average Bonchev–Trinajstić information content (AvgIpc) is 2.70. The molecule has 2 aromatic rings. The van der Waals surface area contributed by atoms with Crippen LogP contribution >= 0.6 is 0 Å². The Morgan fingerprint density at radius 3 is 2.72 bits per heavy atom. The fraction of sp³-hybridized carbons (Fsp3) is 0.480. The molecule has 2 unspecified atom stereocenters. The van der Waals surface area contributed by atoms with Gasteiger partial charge in [-0.15, -0.1) is 0 Å². The smallest absolute Gasteiger partial charge is 0.407 e. The lowest BCUT2D eigenvalue weighted by molar-refractivity contribution is 0.0480. The lowest BCUT2D eigenvalue weighted by Crippen LogP contribution is -2.42. The average molecular weight is 438 g/mol. The Bertz CT molecular complexity index is 1020. The molecule has 1 aromatic carbocycles. The number of alkyl carbamates (subject to hydrolysis) is 1. The second-order valence-corrected chi connectivity index (χ2v) is 9.46. The number of benzene rings is 1. The standard InChI is InChI=1S/C25H31N3O4/c1-15(2)9-18(28-24(29)32-25(4,5)6)14-30-22-11-23-20(10-17(22)12-26)19-7-8-27-13-21(19)16(3)31-23/h7-8,10-11,13,15-16,18H,9,14H2,1-6H3,(H,28,29). The van der Waals surface area contributed by atoms with Gasteiger partial charge in [0.15, 0.2) is 0 Å². The van der Waals surface area contributed by atoms with Crippen molar-refractivity contribution in [1.82, 2.24) is 10.3 Å². The summed E-state index contributed by atoms with van der Waals surface area (Å²) in [5.41, 5.74) is 2.65. The van der Waals surface area contributed by atoms with Gasteiger partial charge >= 0.3 is 6.09 Å². The van der Waals surface area contributed by atoms with Gasteiger partial charge in [-0.2, -0.15) is 5.26 Å². The van der Waals surface area contributed by atoms with Crippen LogP contribution in [0.2, 0.25) is 0 Å². The number of aromatic nitrogens is 1. The Morgan fingerprint density at radius 2 is 2.06 bits per heavy atom. The number of nitriles is 1. The van der Waals surface area contributed by atoms with E-state index in [2.05, 4.69) is 30.2 Å². The molecule has 0 radical (unpaired) electrons. The summed E-state index contributed by atoms with van der Waals surface area (Å²) in [4.78, 5) is 16.4. The molecular weight excluding hydrogens is 406 g/mol. The number of hydrogen-bond donors (Lipinski definition) is 1. The van der Waals surface area contributed by atoms with Crippen LogP contribution in [0.15, 0.2) is 30.6 Å². The van der Waals surface area contributed by atoms with Gasteiger partial charge in [-0.25, -0.2) is 4.79 Å². The highest BCUT2D eigenvalue weighted by molar-refractivity contribution is 5.78. The highest BCUT2D eigenvalue weighted by Gasteiger charge is 2.26. The Balaban J connectivity index is 1.81. The van der Waals surface area contributed by atoms with E-state index < -0.39 is 11.7 Å². The fourth-order valence-corrected chi connectivity index (χ4v) is 3.71. The Morgan fingerprint density at radius 1 is 1.31 bits per heavy atom. The van der Waals surface area contributed by atoms with Crippen molar-refractivity contribution in [2.45, 2.75) is 65.7 Å². The minimum Gasteiger partial charge on any atom is -0.490 e. The van der Waals surface area contributed by atoms with Gasteiger partial charge in [0.25, 0.3) is 0 Å². The number of nitrogens with one attached hydrogen (secondary N) is 1. The van der Waals surface area contributed by atoms with E-state index in [1.54, 1.807) is 24.5 Å². The molecule has 170 valence electrons. The van der Waals surface area contributed by atoms with Gasteiger partial charge in [-0.05, 0) is 57.7 Å². The quantitative estimate of drug-likeness (QED) is 0.651. The molecule has 0 saturated carbocycles. The van der Waals surface area contributed by atoms with Crippen molar-refractivity contribution in [3.63, 3.8) is 0 Å². The Kier molecular flexibility index (Phi) is 6.93. The second-order valence-electron chi connectivity index (χ2n) is 9.46. The van der Waals surface area contributed by atoms with Crippen LogP contribution in [0.3, 0.4) is 0 Å². The highest BCUT2D eigenvalue weighted by atomic mass is 16.6. The third-order valence-electron chi connectivity index (χ3n) is 5.00. The maximum atomic E-state index is 12.3. The summed E-state index contributed by atoms with van der Waals surface area (Å²) in [5, 5.41) is 12.6. The summed E-state index contributed by atoms with van der Waals surface area (Å²) in [6.45, 7) is 11.8. The van der Waals surface area contributed by atoms with E-state index in [4.69, 9.17) is 14.2 Å². The maximum absolute atomic E-state index is 12.3. The largest absolute Gasteiger partial charge is 0.490 e. The molecule has 0 saturated heterocycles. The number of amides is 1. The van der Waals surface area contributed by atoms with Gasteiger partial charge in [0, 0.05) is 29.6 Å². The number of nitrogens with zero attached hydrogens (tertiary/aromatic N) is 2. The molecule has 2 heterocycles. The molecule has 0 spiro atoms. The van der Waals surface area contributed by atoms with Gasteiger partial charge < -0.3 is 19.5 Å². The molecule has 1 aromatic heterocycles. The van der Waals surface area contributed by atoms with Gasteiger partial charge in [0.1, 0.15) is 35.9 Å². The van der Waals surface area contributed by atoms with Crippen molar-refractivity contribution in [1.29, 1.82) is 5.26 Å². The molecule has 0 aliphatic carbocycles. The van der Waals surface area contributed by atoms with Crippen LogP contribution in [0, 0.1) is 17.2 Å². The van der Waals surface area contributed by atoms with E-state index >= 15 is 0 Å². The highest BCUT2D eigenvalue weighted by Crippen LogP contribution is 2.44. The first-order chi connectivity index (χ1) is 15.1. The van der Waals surface area contributed by atoms with Crippen LogP contribution < -0.4 is 14.8 Å². The summed E-state index contributed by atoms with van der Waals surface area (Å²) in [7, 11) is 0. The number of rotatable bonds is 6. The first kappa shape index (κ1) is 23.4. The number of carbonyl (C=O) groups excluding carboxylic acids is 1. The Hall–Kier alpha value is -3.27. The molecular formula is C25H31N3O4. The molecule has 3 rings (SSSR count). The maximum Gasteiger partial charge on any atom is 0.407 e. The third kappa shape index (κ3) is 5.70. The summed E-state index contributed by atoms with van der Waals surface area (Å²) in [6.07, 6.45) is 3.59. The van der Waals surface area contributed by atoms with E-state index in [-0.39, 0.29) is 18.8 Å². The molecule has 2 atom stereocenters. The number of hydrogen-bond acceptors (Lipinski definition) is 6. The summed E-state index contributed by atoms with van der Waals surface area (Å²) in [6, 6.07) is 7.42. The fourth-order valence-electron chi connectivity index (χ4n) is 3.71. The summed E-state index contributed by atoms with van der Waals surface area (Å²) < 4.78 is 17.5. The molecule has 7 nitrogen and oxygen atoms in total. The monoisotopic (exact) mass is 437 g/mol. The van der Waals surface area contributed by atoms with Crippen molar-refractivity contribution in [3.8, 4) is 28.7 Å². The van der Waals surface area contributed by atoms with Gasteiger partial charge in [-0.1, -0.05) is 13.8 Å². The van der Waals surface area contributed by atoms with Crippen molar-refractivity contribution in [3.05, 3.63) is 41.7 Å². The number of pyridine rings is 1. The molecule has 0 bridgehead atoms. The predicted octanol–water partition coefficient (Wildman–Crippen LogP) is 5.39. The van der Waals surface area contributed by atoms with Crippen LogP contribution in [-0.4, -0.2) is 29.3 Å². The van der Waals surface area contributed by atoms with Gasteiger partial charge in [0.2, 0.25) is 0 Å². The van der Waals surface area contributed by atoms with E-state index in [0.717, 1.165) is 16.7 Å². The molecule has 32 heavy (non-hydrogen) atoms. The zero-order chi connectivity index (χ0) is 23.5. The molecule has 0 fully saturated rings. The number of fused-ring (bicyclic) bond motifs is 3. The lowest BCUT2D eigenvalue weighted by Gasteiger charge is -2.27. The Labute approximate surface area is 189 Å². The zero-order valence-corrected chi connectivity index (χ0v) is 19.6. The summed E-state index contributed by atoms with van der Waals surface area (Å²) >= 11 is 0. The van der Waals surface area contributed by atoms with Crippen LogP contribution in [0.4, 0.5) is 4.79 Å². The third-order valence-corrected chi connectivity index (χ3v) is 5.00. The first-order valence-corrected chi connectivity index (χ1v) is 10.9. The van der Waals surface area contributed by atoms with E-state index in [9.17, 15) is 10.1 Å². The minimum absolute atomic E-state index is 0.158. The van der Waals surface area contributed by atoms with E-state index in [1.807, 2.05) is 33.8 Å². The van der Waals surface area contributed by atoms with Crippen molar-refractivity contribution in [2.24, 2.45) is 5.92 Å². The lowest BCUT2D eigenvalue weighted by atomic mass is 9.93. The number of ether oxygens (including phenoxy) is 3.